The van der Waals surface area contributed by atoms with Gasteiger partial charge in [-0.2, -0.15) is 0 Å². The van der Waals surface area contributed by atoms with Crippen LogP contribution >= 0.6 is 0 Å². The summed E-state index contributed by atoms with van der Waals surface area (Å²) in [5, 5.41) is 16.6. The summed E-state index contributed by atoms with van der Waals surface area (Å²) in [5.74, 6) is -1.70. The number of carboxylic acid groups (broad SMARTS) is 2. The van der Waals surface area contributed by atoms with Gasteiger partial charge in [0.25, 0.3) is 0 Å². The second-order valence-electron chi connectivity index (χ2n) is 12.8. The van der Waals surface area contributed by atoms with Crippen molar-refractivity contribution in [2.75, 3.05) is 6.61 Å². The molecular formula is C39H76O8. The average Bonchev–Trinajstić information content (AvgIpc) is 3.03. The lowest BCUT2D eigenvalue weighted by atomic mass is 10.1. The molecule has 0 aliphatic carbocycles. The van der Waals surface area contributed by atoms with Crippen LogP contribution in [0.2, 0.25) is 0 Å². The Hall–Kier alpha value is -2.12. The van der Waals surface area contributed by atoms with Crippen LogP contribution in [0, 0.1) is 0 Å². The number of hydrogen-bond donors (Lipinski definition) is 2. The molecule has 1 unspecified atom stereocenters. The molecule has 0 amide bonds. The fourth-order valence-corrected chi connectivity index (χ4v) is 4.81. The molecule has 0 bridgehead atoms. The lowest BCUT2D eigenvalue weighted by Crippen LogP contribution is -2.22. The molecule has 0 aromatic rings. The molecule has 0 fully saturated rings. The summed E-state index contributed by atoms with van der Waals surface area (Å²) in [4.78, 5) is 43.6. The van der Waals surface area contributed by atoms with Crippen molar-refractivity contribution in [1.82, 2.24) is 0 Å². The molecule has 0 rings (SSSR count). The number of hydrogen-bond acceptors (Lipinski definition) is 6. The molecule has 2 N–H and O–H groups in total. The van der Waals surface area contributed by atoms with Gasteiger partial charge in [0.15, 0.2) is 0 Å². The maximum atomic E-state index is 11.7. The van der Waals surface area contributed by atoms with Gasteiger partial charge in [-0.1, -0.05) is 156 Å². The molecule has 1 atom stereocenters. The topological polar surface area (TPSA) is 127 Å². The summed E-state index contributed by atoms with van der Waals surface area (Å²) in [6, 6.07) is 0. The predicted octanol–water partition coefficient (Wildman–Crippen LogP) is 11.6. The van der Waals surface area contributed by atoms with Crippen molar-refractivity contribution in [3.8, 4) is 0 Å². The third kappa shape index (κ3) is 50.9. The smallest absolute Gasteiger partial charge is 0.306 e. The molecule has 8 nitrogen and oxygen atoms in total. The predicted molar refractivity (Wildman–Crippen MR) is 194 cm³/mol. The van der Waals surface area contributed by atoms with Crippen LogP contribution in [0.5, 0.6) is 0 Å². The van der Waals surface area contributed by atoms with Gasteiger partial charge >= 0.3 is 23.9 Å². The first kappa shape index (κ1) is 49.3. The Bertz CT molecular complexity index is 668. The van der Waals surface area contributed by atoms with E-state index in [1.54, 1.807) is 6.92 Å². The lowest BCUT2D eigenvalue weighted by molar-refractivity contribution is -0.158. The van der Waals surface area contributed by atoms with E-state index < -0.39 is 11.9 Å². The summed E-state index contributed by atoms with van der Waals surface area (Å²) >= 11 is 0. The van der Waals surface area contributed by atoms with Crippen LogP contribution in [0.4, 0.5) is 0 Å². The third-order valence-electron chi connectivity index (χ3n) is 7.77. The standard InChI is InChI=1S/C21H40O4.2C9H18O2/c1-4-6-8-10-12-14-16-20(22)24-18-19(3)25-21(23)17-15-13-11-9-7-5-2;2*1-2-3-4-5-6-7-8-9(10)11/h19H,4-18H2,1-3H3;2*2-8H2,1H3,(H,10,11). The number of esters is 2. The van der Waals surface area contributed by atoms with Crippen LogP contribution in [-0.2, 0) is 28.7 Å². The van der Waals surface area contributed by atoms with Gasteiger partial charge in [0.2, 0.25) is 0 Å². The molecular weight excluding hydrogens is 596 g/mol. The fourth-order valence-electron chi connectivity index (χ4n) is 4.81. The van der Waals surface area contributed by atoms with Crippen LogP contribution in [0.15, 0.2) is 0 Å². The monoisotopic (exact) mass is 673 g/mol. The summed E-state index contributed by atoms with van der Waals surface area (Å²) in [6.07, 6.45) is 28.9. The first-order valence-electron chi connectivity index (χ1n) is 19.4. The van der Waals surface area contributed by atoms with Crippen LogP contribution in [0.3, 0.4) is 0 Å². The number of rotatable bonds is 31. The Morgan fingerprint density at radius 3 is 1.02 bits per heavy atom. The highest BCUT2D eigenvalue weighted by molar-refractivity contribution is 5.70. The van der Waals surface area contributed by atoms with Crippen molar-refractivity contribution in [2.24, 2.45) is 0 Å². The quantitative estimate of drug-likeness (QED) is 0.0550. The van der Waals surface area contributed by atoms with Crippen molar-refractivity contribution in [3.63, 3.8) is 0 Å². The van der Waals surface area contributed by atoms with E-state index in [0.29, 0.717) is 25.7 Å². The summed E-state index contributed by atoms with van der Waals surface area (Å²) in [7, 11) is 0. The van der Waals surface area contributed by atoms with E-state index in [0.717, 1.165) is 51.4 Å². The second-order valence-corrected chi connectivity index (χ2v) is 12.8. The summed E-state index contributed by atoms with van der Waals surface area (Å²) in [6.45, 7) is 10.7. The molecule has 0 spiro atoms. The molecule has 0 saturated carbocycles. The SMILES string of the molecule is CCCCCCCCC(=O)O.CCCCCCCCC(=O)O.CCCCCCCCC(=O)OCC(C)OC(=O)CCCCCCCC. The van der Waals surface area contributed by atoms with Crippen LogP contribution in [0.1, 0.15) is 214 Å². The molecule has 0 aliphatic rings. The number of carbonyl (C=O) groups is 4. The number of ether oxygens (including phenoxy) is 2. The Morgan fingerprint density at radius 2 is 0.702 bits per heavy atom. The number of aliphatic carboxylic acids is 2. The Balaban J connectivity index is -0.000000724. The first-order valence-corrected chi connectivity index (χ1v) is 19.4. The Labute approximate surface area is 289 Å². The lowest BCUT2D eigenvalue weighted by Gasteiger charge is -2.13. The van der Waals surface area contributed by atoms with E-state index in [9.17, 15) is 19.2 Å². The second kappa shape index (κ2) is 41.9. The minimum absolute atomic E-state index is 0.164. The molecule has 0 radical (unpaired) electrons. The number of carboxylic acids is 2. The highest BCUT2D eigenvalue weighted by Crippen LogP contribution is 2.10. The van der Waals surface area contributed by atoms with Crippen molar-refractivity contribution < 1.29 is 38.9 Å². The summed E-state index contributed by atoms with van der Waals surface area (Å²) in [5.41, 5.74) is 0. The van der Waals surface area contributed by atoms with Crippen LogP contribution < -0.4 is 0 Å². The molecule has 0 aromatic heterocycles. The zero-order chi connectivity index (χ0) is 35.8. The van der Waals surface area contributed by atoms with Gasteiger partial charge in [0.1, 0.15) is 12.7 Å². The van der Waals surface area contributed by atoms with Crippen LogP contribution in [-0.4, -0.2) is 46.8 Å². The van der Waals surface area contributed by atoms with E-state index >= 15 is 0 Å². The van der Waals surface area contributed by atoms with Crippen molar-refractivity contribution >= 4 is 23.9 Å². The van der Waals surface area contributed by atoms with Gasteiger partial charge < -0.3 is 19.7 Å². The van der Waals surface area contributed by atoms with E-state index in [1.807, 2.05) is 0 Å². The Kier molecular flexibility index (Phi) is 43.9. The first-order chi connectivity index (χ1) is 22.6. The molecule has 8 heteroatoms. The molecule has 0 aromatic carbocycles. The highest BCUT2D eigenvalue weighted by Gasteiger charge is 2.12. The minimum atomic E-state index is -0.666. The van der Waals surface area contributed by atoms with E-state index in [-0.39, 0.29) is 24.6 Å². The molecule has 0 aliphatic heterocycles. The van der Waals surface area contributed by atoms with Gasteiger partial charge in [-0.3, -0.25) is 19.2 Å². The van der Waals surface area contributed by atoms with Gasteiger partial charge in [0.05, 0.1) is 0 Å². The fraction of sp³-hybridized carbons (Fsp3) is 0.897. The van der Waals surface area contributed by atoms with Gasteiger partial charge in [-0.05, 0) is 32.6 Å². The maximum absolute atomic E-state index is 11.7. The maximum Gasteiger partial charge on any atom is 0.306 e. The molecule has 47 heavy (non-hydrogen) atoms. The van der Waals surface area contributed by atoms with Crippen molar-refractivity contribution in [3.05, 3.63) is 0 Å². The van der Waals surface area contributed by atoms with E-state index in [1.165, 1.54) is 103 Å². The van der Waals surface area contributed by atoms with E-state index in [4.69, 9.17) is 19.7 Å². The van der Waals surface area contributed by atoms with Crippen molar-refractivity contribution in [2.45, 2.75) is 221 Å². The normalized spacial score (nSPS) is 11.0. The van der Waals surface area contributed by atoms with E-state index in [2.05, 4.69) is 27.7 Å². The molecule has 280 valence electrons. The van der Waals surface area contributed by atoms with Crippen molar-refractivity contribution in [1.29, 1.82) is 0 Å². The largest absolute Gasteiger partial charge is 0.481 e. The highest BCUT2D eigenvalue weighted by atomic mass is 16.6. The minimum Gasteiger partial charge on any atom is -0.481 e. The number of unbranched alkanes of at least 4 members (excludes halogenated alkanes) is 20. The number of carbonyl (C=O) groups excluding carboxylic acids is 2. The van der Waals surface area contributed by atoms with Gasteiger partial charge in [0, 0.05) is 25.7 Å². The summed E-state index contributed by atoms with van der Waals surface area (Å²) < 4.78 is 10.5. The van der Waals surface area contributed by atoms with Gasteiger partial charge in [-0.25, -0.2) is 0 Å². The third-order valence-corrected chi connectivity index (χ3v) is 7.77. The Morgan fingerprint density at radius 1 is 0.426 bits per heavy atom. The van der Waals surface area contributed by atoms with Crippen LogP contribution in [0.25, 0.3) is 0 Å². The molecule has 0 saturated heterocycles. The average molecular weight is 673 g/mol. The molecule has 0 heterocycles. The van der Waals surface area contributed by atoms with Gasteiger partial charge in [-0.15, -0.1) is 0 Å². The zero-order valence-corrected chi connectivity index (χ0v) is 31.4. The zero-order valence-electron chi connectivity index (χ0n) is 31.4.